The summed E-state index contributed by atoms with van der Waals surface area (Å²) in [6.07, 6.45) is 1.24. The molecule has 0 aromatic heterocycles. The minimum atomic E-state index is -3.90. The monoisotopic (exact) mass is 274 g/mol. The summed E-state index contributed by atoms with van der Waals surface area (Å²) in [5.74, 6) is -0.800. The molecule has 0 amide bonds. The van der Waals surface area contributed by atoms with Crippen LogP contribution in [-0.2, 0) is 10.0 Å². The molecule has 6 heteroatoms. The molecule has 102 valence electrons. The smallest absolute Gasteiger partial charge is 0.244 e. The van der Waals surface area contributed by atoms with Gasteiger partial charge in [0.05, 0.1) is 0 Å². The zero-order chi connectivity index (χ0) is 14.0. The second kappa shape index (κ2) is 5.24. The molecule has 1 aromatic carbocycles. The van der Waals surface area contributed by atoms with E-state index in [1.54, 1.807) is 6.92 Å². The lowest BCUT2D eigenvalue weighted by atomic mass is 9.98. The van der Waals surface area contributed by atoms with Gasteiger partial charge in [-0.1, -0.05) is 13.8 Å². The van der Waals surface area contributed by atoms with E-state index in [-0.39, 0.29) is 5.69 Å². The normalized spacial score (nSPS) is 12.7. The molecule has 1 aromatic rings. The van der Waals surface area contributed by atoms with Crippen molar-refractivity contribution in [3.63, 3.8) is 0 Å². The van der Waals surface area contributed by atoms with E-state index in [9.17, 15) is 12.8 Å². The van der Waals surface area contributed by atoms with Crippen LogP contribution < -0.4 is 10.5 Å². The van der Waals surface area contributed by atoms with E-state index in [0.717, 1.165) is 12.1 Å². The molecule has 18 heavy (non-hydrogen) atoms. The average molecular weight is 274 g/mol. The maximum atomic E-state index is 13.6. The summed E-state index contributed by atoms with van der Waals surface area (Å²) in [5.41, 5.74) is 5.12. The first-order valence-corrected chi connectivity index (χ1v) is 7.31. The Morgan fingerprint density at radius 3 is 2.39 bits per heavy atom. The van der Waals surface area contributed by atoms with Crippen molar-refractivity contribution < 1.29 is 12.8 Å². The summed E-state index contributed by atoms with van der Waals surface area (Å²) in [5, 5.41) is 0. The summed E-state index contributed by atoms with van der Waals surface area (Å²) in [4.78, 5) is -0.407. The van der Waals surface area contributed by atoms with Gasteiger partial charge in [-0.25, -0.2) is 17.5 Å². The lowest BCUT2D eigenvalue weighted by molar-refractivity contribution is 0.387. The SMILES string of the molecule is CCC(C)(CC)NS(=O)(=O)c1cc(N)ccc1F. The van der Waals surface area contributed by atoms with Crippen LogP contribution in [0, 0.1) is 5.82 Å². The second-order valence-electron chi connectivity index (χ2n) is 4.56. The fraction of sp³-hybridized carbons (Fsp3) is 0.500. The van der Waals surface area contributed by atoms with E-state index in [1.165, 1.54) is 6.07 Å². The van der Waals surface area contributed by atoms with Crippen molar-refractivity contribution in [2.75, 3.05) is 5.73 Å². The Morgan fingerprint density at radius 1 is 1.33 bits per heavy atom. The molecule has 0 saturated carbocycles. The van der Waals surface area contributed by atoms with Crippen molar-refractivity contribution in [2.24, 2.45) is 0 Å². The summed E-state index contributed by atoms with van der Waals surface area (Å²) in [7, 11) is -3.90. The van der Waals surface area contributed by atoms with Crippen molar-refractivity contribution in [1.29, 1.82) is 0 Å². The highest BCUT2D eigenvalue weighted by Gasteiger charge is 2.29. The zero-order valence-electron chi connectivity index (χ0n) is 10.8. The number of nitrogens with two attached hydrogens (primary N) is 1. The first kappa shape index (κ1) is 14.9. The van der Waals surface area contributed by atoms with Crippen LogP contribution in [0.4, 0.5) is 10.1 Å². The number of nitrogen functional groups attached to an aromatic ring is 1. The number of anilines is 1. The number of nitrogens with one attached hydrogen (secondary N) is 1. The van der Waals surface area contributed by atoms with Gasteiger partial charge in [0, 0.05) is 11.2 Å². The highest BCUT2D eigenvalue weighted by molar-refractivity contribution is 7.89. The topological polar surface area (TPSA) is 72.2 Å². The minimum absolute atomic E-state index is 0.214. The number of benzene rings is 1. The molecule has 0 spiro atoms. The van der Waals surface area contributed by atoms with Crippen molar-refractivity contribution in [3.05, 3.63) is 24.0 Å². The lowest BCUT2D eigenvalue weighted by Gasteiger charge is -2.27. The third-order valence-electron chi connectivity index (χ3n) is 3.19. The van der Waals surface area contributed by atoms with Gasteiger partial charge < -0.3 is 5.73 Å². The van der Waals surface area contributed by atoms with Crippen LogP contribution in [0.25, 0.3) is 0 Å². The predicted molar refractivity (Wildman–Crippen MR) is 70.1 cm³/mol. The summed E-state index contributed by atoms with van der Waals surface area (Å²) in [6.45, 7) is 5.54. The van der Waals surface area contributed by atoms with Gasteiger partial charge >= 0.3 is 0 Å². The Kier molecular flexibility index (Phi) is 4.34. The molecule has 0 bridgehead atoms. The summed E-state index contributed by atoms with van der Waals surface area (Å²) >= 11 is 0. The van der Waals surface area contributed by atoms with Crippen LogP contribution in [0.1, 0.15) is 33.6 Å². The number of hydrogen-bond acceptors (Lipinski definition) is 3. The lowest BCUT2D eigenvalue weighted by Crippen LogP contribution is -2.45. The fourth-order valence-corrected chi connectivity index (χ4v) is 3.16. The fourth-order valence-electron chi connectivity index (χ4n) is 1.50. The maximum absolute atomic E-state index is 13.6. The highest BCUT2D eigenvalue weighted by atomic mass is 32.2. The van der Waals surface area contributed by atoms with Crippen LogP contribution in [0.3, 0.4) is 0 Å². The molecule has 0 atom stereocenters. The predicted octanol–water partition coefficient (Wildman–Crippen LogP) is 2.26. The van der Waals surface area contributed by atoms with Gasteiger partial charge in [-0.3, -0.25) is 0 Å². The van der Waals surface area contributed by atoms with Crippen molar-refractivity contribution in [3.8, 4) is 0 Å². The number of sulfonamides is 1. The summed E-state index contributed by atoms with van der Waals surface area (Å²) in [6, 6.07) is 3.51. The first-order valence-electron chi connectivity index (χ1n) is 5.83. The van der Waals surface area contributed by atoms with Gasteiger partial charge in [-0.2, -0.15) is 0 Å². The van der Waals surface area contributed by atoms with Gasteiger partial charge in [0.1, 0.15) is 10.7 Å². The molecule has 0 aliphatic carbocycles. The molecule has 1 rings (SSSR count). The second-order valence-corrected chi connectivity index (χ2v) is 6.21. The van der Waals surface area contributed by atoms with Crippen LogP contribution in [0.5, 0.6) is 0 Å². The first-order chi connectivity index (χ1) is 8.24. The van der Waals surface area contributed by atoms with E-state index in [4.69, 9.17) is 5.73 Å². The van der Waals surface area contributed by atoms with Gasteiger partial charge in [0.15, 0.2) is 0 Å². The standard InChI is InChI=1S/C12H19FN2O2S/c1-4-12(3,5-2)15-18(16,17)11-8-9(14)6-7-10(11)13/h6-8,15H,4-5,14H2,1-3H3. The molecular formula is C12H19FN2O2S. The zero-order valence-corrected chi connectivity index (χ0v) is 11.6. The molecule has 0 saturated heterocycles. The van der Waals surface area contributed by atoms with Crippen LogP contribution >= 0.6 is 0 Å². The third-order valence-corrected chi connectivity index (χ3v) is 4.84. The molecule has 0 heterocycles. The van der Waals surface area contributed by atoms with Crippen LogP contribution in [0.15, 0.2) is 23.1 Å². The Bertz CT molecular complexity index is 525. The summed E-state index contributed by atoms with van der Waals surface area (Å²) < 4.78 is 40.4. The number of hydrogen-bond donors (Lipinski definition) is 2. The third kappa shape index (κ3) is 3.20. The van der Waals surface area contributed by atoms with Crippen molar-refractivity contribution in [2.45, 2.75) is 44.0 Å². The molecule has 4 nitrogen and oxygen atoms in total. The van der Waals surface area contributed by atoms with Gasteiger partial charge in [-0.05, 0) is 38.0 Å². The van der Waals surface area contributed by atoms with E-state index < -0.39 is 26.3 Å². The van der Waals surface area contributed by atoms with Crippen molar-refractivity contribution >= 4 is 15.7 Å². The quantitative estimate of drug-likeness (QED) is 0.809. The minimum Gasteiger partial charge on any atom is -0.399 e. The molecule has 0 unspecified atom stereocenters. The van der Waals surface area contributed by atoms with Crippen LogP contribution in [-0.4, -0.2) is 14.0 Å². The van der Waals surface area contributed by atoms with Crippen molar-refractivity contribution in [1.82, 2.24) is 4.72 Å². The molecule has 0 fully saturated rings. The highest BCUT2D eigenvalue weighted by Crippen LogP contribution is 2.22. The van der Waals surface area contributed by atoms with Crippen LogP contribution in [0.2, 0.25) is 0 Å². The Labute approximate surface area is 107 Å². The Balaban J connectivity index is 3.18. The van der Waals surface area contributed by atoms with E-state index >= 15 is 0 Å². The van der Waals surface area contributed by atoms with E-state index in [1.807, 2.05) is 13.8 Å². The Morgan fingerprint density at radius 2 is 1.89 bits per heavy atom. The molecule has 0 aliphatic rings. The number of rotatable bonds is 5. The van der Waals surface area contributed by atoms with E-state index in [0.29, 0.717) is 12.8 Å². The molecule has 0 radical (unpaired) electrons. The van der Waals surface area contributed by atoms with Gasteiger partial charge in [0.2, 0.25) is 10.0 Å². The molecule has 0 aliphatic heterocycles. The number of halogens is 1. The average Bonchev–Trinajstić information content (AvgIpc) is 2.31. The Hall–Kier alpha value is -1.14. The largest absolute Gasteiger partial charge is 0.399 e. The molecular weight excluding hydrogens is 255 g/mol. The van der Waals surface area contributed by atoms with Gasteiger partial charge in [0.25, 0.3) is 0 Å². The molecule has 3 N–H and O–H groups in total. The van der Waals surface area contributed by atoms with Gasteiger partial charge in [-0.15, -0.1) is 0 Å². The van der Waals surface area contributed by atoms with E-state index in [2.05, 4.69) is 4.72 Å². The maximum Gasteiger partial charge on any atom is 0.244 e.